The van der Waals surface area contributed by atoms with Crippen LogP contribution in [0.3, 0.4) is 0 Å². The normalized spacial score (nSPS) is 15.7. The number of carbonyl (C=O) groups is 2. The lowest BCUT2D eigenvalue weighted by atomic mass is 10.1. The predicted molar refractivity (Wildman–Crippen MR) is 113 cm³/mol. The Bertz CT molecular complexity index is 1030. The topological polar surface area (TPSA) is 75.4 Å². The van der Waals surface area contributed by atoms with Crippen LogP contribution in [0.4, 0.5) is 0 Å². The summed E-state index contributed by atoms with van der Waals surface area (Å²) in [5, 5.41) is 4.05. The number of furan rings is 1. The summed E-state index contributed by atoms with van der Waals surface area (Å²) in [7, 11) is 0. The van der Waals surface area contributed by atoms with Gasteiger partial charge in [-0.1, -0.05) is 12.1 Å². The highest BCUT2D eigenvalue weighted by molar-refractivity contribution is 7.13. The second kappa shape index (κ2) is 8.07. The summed E-state index contributed by atoms with van der Waals surface area (Å²) < 4.78 is 5.48. The fourth-order valence-corrected chi connectivity index (χ4v) is 4.38. The van der Waals surface area contributed by atoms with E-state index in [1.807, 2.05) is 36.4 Å². The SMILES string of the molecule is O=C(NC1CC1)c1ccc(CN(Cc2ccco2)C(=O)c2cnc(C3CC3)s2)cc1. The summed E-state index contributed by atoms with van der Waals surface area (Å²) in [4.78, 5) is 32.3. The Labute approximate surface area is 178 Å². The highest BCUT2D eigenvalue weighted by Crippen LogP contribution is 2.42. The van der Waals surface area contributed by atoms with Crippen LogP contribution in [0.1, 0.15) is 68.0 Å². The molecule has 0 aliphatic heterocycles. The Balaban J connectivity index is 1.31. The Morgan fingerprint density at radius 3 is 2.57 bits per heavy atom. The van der Waals surface area contributed by atoms with Gasteiger partial charge in [0.05, 0.1) is 24.0 Å². The van der Waals surface area contributed by atoms with Gasteiger partial charge >= 0.3 is 0 Å². The number of rotatable bonds is 8. The first kappa shape index (κ1) is 19.1. The van der Waals surface area contributed by atoms with Crippen molar-refractivity contribution in [2.45, 2.75) is 50.7 Å². The standard InChI is InChI=1S/C23H23N3O3S/c27-21(25-18-9-10-18)16-5-3-15(4-6-16)13-26(14-19-2-1-11-29-19)23(28)20-12-24-22(30-20)17-7-8-17/h1-6,11-12,17-18H,7-10,13-14H2,(H,25,27). The second-order valence-corrected chi connectivity index (χ2v) is 9.08. The first-order valence-corrected chi connectivity index (χ1v) is 11.1. The van der Waals surface area contributed by atoms with Crippen LogP contribution in [-0.4, -0.2) is 27.7 Å². The average Bonchev–Trinajstić information content (AvgIpc) is 3.67. The van der Waals surface area contributed by atoms with Crippen LogP contribution < -0.4 is 5.32 Å². The van der Waals surface area contributed by atoms with Crippen molar-refractivity contribution in [1.29, 1.82) is 0 Å². The molecule has 0 bridgehead atoms. The zero-order valence-corrected chi connectivity index (χ0v) is 17.4. The largest absolute Gasteiger partial charge is 0.467 e. The van der Waals surface area contributed by atoms with Crippen molar-refractivity contribution < 1.29 is 14.0 Å². The molecule has 0 unspecified atom stereocenters. The predicted octanol–water partition coefficient (Wildman–Crippen LogP) is 4.35. The lowest BCUT2D eigenvalue weighted by Gasteiger charge is -2.21. The molecule has 2 amide bonds. The molecule has 3 aromatic rings. The van der Waals surface area contributed by atoms with Crippen LogP contribution >= 0.6 is 11.3 Å². The van der Waals surface area contributed by atoms with E-state index in [-0.39, 0.29) is 11.8 Å². The molecular formula is C23H23N3O3S. The van der Waals surface area contributed by atoms with Gasteiger partial charge in [-0.2, -0.15) is 0 Å². The number of aromatic nitrogens is 1. The molecule has 0 spiro atoms. The van der Waals surface area contributed by atoms with Crippen molar-refractivity contribution in [2.75, 3.05) is 0 Å². The molecule has 2 saturated carbocycles. The quantitative estimate of drug-likeness (QED) is 0.587. The smallest absolute Gasteiger partial charge is 0.266 e. The van der Waals surface area contributed by atoms with E-state index >= 15 is 0 Å². The van der Waals surface area contributed by atoms with E-state index < -0.39 is 0 Å². The van der Waals surface area contributed by atoms with Gasteiger partial charge in [-0.3, -0.25) is 9.59 Å². The van der Waals surface area contributed by atoms with E-state index in [1.165, 1.54) is 11.3 Å². The van der Waals surface area contributed by atoms with Gasteiger partial charge in [0.15, 0.2) is 0 Å². The zero-order chi connectivity index (χ0) is 20.5. The fraction of sp³-hybridized carbons (Fsp3) is 0.348. The van der Waals surface area contributed by atoms with Gasteiger partial charge in [0.25, 0.3) is 11.8 Å². The molecule has 30 heavy (non-hydrogen) atoms. The highest BCUT2D eigenvalue weighted by Gasteiger charge is 2.29. The Kier molecular flexibility index (Phi) is 5.12. The van der Waals surface area contributed by atoms with Crippen molar-refractivity contribution in [1.82, 2.24) is 15.2 Å². The first-order chi connectivity index (χ1) is 14.7. The lowest BCUT2D eigenvalue weighted by Crippen LogP contribution is -2.29. The van der Waals surface area contributed by atoms with Crippen molar-refractivity contribution in [2.24, 2.45) is 0 Å². The van der Waals surface area contributed by atoms with Gasteiger partial charge in [0.1, 0.15) is 10.6 Å². The zero-order valence-electron chi connectivity index (χ0n) is 16.5. The highest BCUT2D eigenvalue weighted by atomic mass is 32.1. The number of benzene rings is 1. The number of hydrogen-bond donors (Lipinski definition) is 1. The maximum atomic E-state index is 13.2. The minimum atomic E-state index is -0.0497. The van der Waals surface area contributed by atoms with Gasteiger partial charge in [-0.25, -0.2) is 4.98 Å². The van der Waals surface area contributed by atoms with Gasteiger partial charge in [0.2, 0.25) is 0 Å². The molecule has 2 heterocycles. The Morgan fingerprint density at radius 2 is 1.90 bits per heavy atom. The van der Waals surface area contributed by atoms with Gasteiger partial charge < -0.3 is 14.6 Å². The summed E-state index contributed by atoms with van der Waals surface area (Å²) in [6.45, 7) is 0.813. The Hall–Kier alpha value is -2.93. The minimum Gasteiger partial charge on any atom is -0.467 e. The molecule has 1 aromatic carbocycles. The van der Waals surface area contributed by atoms with Crippen LogP contribution in [0.2, 0.25) is 0 Å². The van der Waals surface area contributed by atoms with Crippen LogP contribution in [0.5, 0.6) is 0 Å². The summed E-state index contributed by atoms with van der Waals surface area (Å²) in [6, 6.07) is 11.5. The van der Waals surface area contributed by atoms with E-state index in [0.29, 0.717) is 35.5 Å². The van der Waals surface area contributed by atoms with Gasteiger partial charge in [0, 0.05) is 24.1 Å². The number of amides is 2. The molecule has 2 fully saturated rings. The molecule has 0 radical (unpaired) electrons. The molecule has 0 saturated heterocycles. The fourth-order valence-electron chi connectivity index (χ4n) is 3.33. The molecule has 154 valence electrons. The summed E-state index contributed by atoms with van der Waals surface area (Å²) >= 11 is 1.50. The molecule has 2 aliphatic rings. The maximum absolute atomic E-state index is 13.2. The van der Waals surface area contributed by atoms with Crippen LogP contribution in [0, 0.1) is 0 Å². The van der Waals surface area contributed by atoms with Crippen LogP contribution in [-0.2, 0) is 13.1 Å². The van der Waals surface area contributed by atoms with E-state index in [9.17, 15) is 9.59 Å². The van der Waals surface area contributed by atoms with E-state index in [1.54, 1.807) is 17.4 Å². The van der Waals surface area contributed by atoms with Crippen molar-refractivity contribution in [3.05, 3.63) is 75.6 Å². The maximum Gasteiger partial charge on any atom is 0.266 e. The molecule has 6 nitrogen and oxygen atoms in total. The van der Waals surface area contributed by atoms with Crippen molar-refractivity contribution in [3.8, 4) is 0 Å². The summed E-state index contributed by atoms with van der Waals surface area (Å²) in [5.74, 6) is 1.18. The van der Waals surface area contributed by atoms with Crippen molar-refractivity contribution in [3.63, 3.8) is 0 Å². The molecule has 1 N–H and O–H groups in total. The third-order valence-electron chi connectivity index (χ3n) is 5.38. The summed E-state index contributed by atoms with van der Waals surface area (Å²) in [6.07, 6.45) is 7.77. The molecular weight excluding hydrogens is 398 g/mol. The third kappa shape index (κ3) is 4.46. The summed E-state index contributed by atoms with van der Waals surface area (Å²) in [5.41, 5.74) is 1.61. The average molecular weight is 422 g/mol. The Morgan fingerprint density at radius 1 is 1.10 bits per heavy atom. The number of hydrogen-bond acceptors (Lipinski definition) is 5. The molecule has 0 atom stereocenters. The first-order valence-electron chi connectivity index (χ1n) is 10.3. The lowest BCUT2D eigenvalue weighted by molar-refractivity contribution is 0.0722. The van der Waals surface area contributed by atoms with E-state index in [2.05, 4.69) is 10.3 Å². The van der Waals surface area contributed by atoms with Gasteiger partial charge in [-0.05, 0) is 55.5 Å². The molecule has 2 aliphatic carbocycles. The number of thiazole rings is 1. The minimum absolute atomic E-state index is 0.0372. The number of nitrogens with one attached hydrogen (secondary N) is 1. The van der Waals surface area contributed by atoms with E-state index in [4.69, 9.17) is 4.42 Å². The number of nitrogens with zero attached hydrogens (tertiary/aromatic N) is 2. The van der Waals surface area contributed by atoms with Gasteiger partial charge in [-0.15, -0.1) is 11.3 Å². The van der Waals surface area contributed by atoms with Crippen molar-refractivity contribution >= 4 is 23.2 Å². The second-order valence-electron chi connectivity index (χ2n) is 8.02. The molecule has 5 rings (SSSR count). The third-order valence-corrected chi connectivity index (χ3v) is 6.52. The van der Waals surface area contributed by atoms with Crippen LogP contribution in [0.25, 0.3) is 0 Å². The van der Waals surface area contributed by atoms with E-state index in [0.717, 1.165) is 42.0 Å². The van der Waals surface area contributed by atoms with Crippen LogP contribution in [0.15, 0.2) is 53.3 Å². The molecule has 7 heteroatoms. The molecule has 2 aromatic heterocycles. The monoisotopic (exact) mass is 421 g/mol. The number of carbonyl (C=O) groups excluding carboxylic acids is 2.